The van der Waals surface area contributed by atoms with E-state index in [2.05, 4.69) is 46.4 Å². The number of nitrogens with one attached hydrogen (secondary N) is 1. The second kappa shape index (κ2) is 10.1. The predicted octanol–water partition coefficient (Wildman–Crippen LogP) is 3.44. The van der Waals surface area contributed by atoms with Crippen molar-refractivity contribution in [1.82, 2.24) is 15.1 Å². The van der Waals surface area contributed by atoms with Gasteiger partial charge in [-0.15, -0.1) is 0 Å². The third-order valence-corrected chi connectivity index (χ3v) is 5.51. The Balaban J connectivity index is 1.40. The molecule has 2 aromatic rings. The zero-order valence-electron chi connectivity index (χ0n) is 16.0. The second-order valence-electron chi connectivity index (χ2n) is 7.04. The van der Waals surface area contributed by atoms with Crippen LogP contribution in [-0.4, -0.2) is 55.5 Å². The van der Waals surface area contributed by atoms with E-state index in [0.717, 1.165) is 38.3 Å². The number of piperazine rings is 1. The summed E-state index contributed by atoms with van der Waals surface area (Å²) in [7, 11) is 2.16. The molecular weight excluding hydrogens is 397 g/mol. The van der Waals surface area contributed by atoms with Gasteiger partial charge in [-0.2, -0.15) is 0 Å². The molecule has 28 heavy (non-hydrogen) atoms. The molecule has 1 N–H and O–H groups in total. The van der Waals surface area contributed by atoms with E-state index >= 15 is 0 Å². The van der Waals surface area contributed by atoms with Gasteiger partial charge in [0.25, 0.3) is 5.91 Å². The van der Waals surface area contributed by atoms with Crippen LogP contribution in [-0.2, 0) is 17.9 Å². The molecule has 1 aliphatic heterocycles. The van der Waals surface area contributed by atoms with Crippen LogP contribution >= 0.6 is 23.2 Å². The first-order valence-electron chi connectivity index (χ1n) is 9.33. The summed E-state index contributed by atoms with van der Waals surface area (Å²) in [6, 6.07) is 13.3. The number of hydrogen-bond donors (Lipinski definition) is 1. The van der Waals surface area contributed by atoms with Crippen molar-refractivity contribution in [1.29, 1.82) is 0 Å². The lowest BCUT2D eigenvalue weighted by Gasteiger charge is -2.32. The van der Waals surface area contributed by atoms with Crippen molar-refractivity contribution in [3.63, 3.8) is 0 Å². The molecule has 0 spiro atoms. The third kappa shape index (κ3) is 6.38. The number of benzene rings is 2. The minimum Gasteiger partial charge on any atom is -0.484 e. The number of halogens is 2. The van der Waals surface area contributed by atoms with Crippen molar-refractivity contribution < 1.29 is 9.53 Å². The largest absolute Gasteiger partial charge is 0.484 e. The standard InChI is InChI=1S/C21H25Cl2N3O2/c1-25-8-10-26(11-9-25)14-17-4-2-16(3-5-17)13-24-21(27)15-28-18-6-7-19(22)20(23)12-18/h2-7,12H,8-11,13-15H2,1H3,(H,24,27). The smallest absolute Gasteiger partial charge is 0.258 e. The maximum atomic E-state index is 12.0. The number of carbonyl (C=O) groups excluding carboxylic acids is 1. The summed E-state index contributed by atoms with van der Waals surface area (Å²) in [6.07, 6.45) is 0. The molecule has 0 aliphatic carbocycles. The molecule has 0 saturated carbocycles. The van der Waals surface area contributed by atoms with Crippen LogP contribution in [0, 0.1) is 0 Å². The SMILES string of the molecule is CN1CCN(Cc2ccc(CNC(=O)COc3ccc(Cl)c(Cl)c3)cc2)CC1. The average molecular weight is 422 g/mol. The molecule has 0 bridgehead atoms. The van der Waals surface area contributed by atoms with E-state index in [1.807, 2.05) is 0 Å². The minimum atomic E-state index is -0.187. The molecule has 0 unspecified atom stereocenters. The van der Waals surface area contributed by atoms with E-state index in [9.17, 15) is 4.79 Å². The fraction of sp³-hybridized carbons (Fsp3) is 0.381. The quantitative estimate of drug-likeness (QED) is 0.743. The summed E-state index contributed by atoms with van der Waals surface area (Å²) >= 11 is 11.8. The van der Waals surface area contributed by atoms with Crippen molar-refractivity contribution in [2.24, 2.45) is 0 Å². The summed E-state index contributed by atoms with van der Waals surface area (Å²) in [5.74, 6) is 0.324. The molecule has 3 rings (SSSR count). The van der Waals surface area contributed by atoms with E-state index in [1.165, 1.54) is 5.56 Å². The van der Waals surface area contributed by atoms with Crippen LogP contribution in [0.1, 0.15) is 11.1 Å². The number of hydrogen-bond acceptors (Lipinski definition) is 4. The summed E-state index contributed by atoms with van der Waals surface area (Å²) in [5, 5.41) is 3.71. The Hall–Kier alpha value is -1.79. The van der Waals surface area contributed by atoms with Gasteiger partial charge in [-0.3, -0.25) is 9.69 Å². The van der Waals surface area contributed by atoms with E-state index in [4.69, 9.17) is 27.9 Å². The van der Waals surface area contributed by atoms with Crippen LogP contribution in [0.25, 0.3) is 0 Å². The van der Waals surface area contributed by atoms with E-state index < -0.39 is 0 Å². The molecule has 1 aliphatic rings. The lowest BCUT2D eigenvalue weighted by molar-refractivity contribution is -0.123. The fourth-order valence-corrected chi connectivity index (χ4v) is 3.28. The molecule has 1 amide bonds. The number of likely N-dealkylation sites (N-methyl/N-ethyl adjacent to an activating group) is 1. The highest BCUT2D eigenvalue weighted by Gasteiger charge is 2.13. The predicted molar refractivity (Wildman–Crippen MR) is 113 cm³/mol. The molecule has 1 fully saturated rings. The molecule has 0 radical (unpaired) electrons. The molecule has 7 heteroatoms. The Kier molecular flexibility index (Phi) is 7.57. The summed E-state index contributed by atoms with van der Waals surface area (Å²) in [5.41, 5.74) is 2.35. The Morgan fingerprint density at radius 1 is 1.00 bits per heavy atom. The highest BCUT2D eigenvalue weighted by molar-refractivity contribution is 6.42. The van der Waals surface area contributed by atoms with Gasteiger partial charge in [0.2, 0.25) is 0 Å². The first-order valence-corrected chi connectivity index (χ1v) is 10.1. The molecule has 1 heterocycles. The average Bonchev–Trinajstić information content (AvgIpc) is 2.70. The van der Waals surface area contributed by atoms with Gasteiger partial charge in [-0.1, -0.05) is 47.5 Å². The van der Waals surface area contributed by atoms with Crippen LogP contribution < -0.4 is 10.1 Å². The van der Waals surface area contributed by atoms with Gasteiger partial charge in [-0.25, -0.2) is 0 Å². The highest BCUT2D eigenvalue weighted by atomic mass is 35.5. The first-order chi connectivity index (χ1) is 13.5. The van der Waals surface area contributed by atoms with E-state index in [-0.39, 0.29) is 12.5 Å². The normalized spacial score (nSPS) is 15.4. The highest BCUT2D eigenvalue weighted by Crippen LogP contribution is 2.26. The van der Waals surface area contributed by atoms with Crippen LogP contribution in [0.15, 0.2) is 42.5 Å². The van der Waals surface area contributed by atoms with Gasteiger partial charge in [0, 0.05) is 45.3 Å². The van der Waals surface area contributed by atoms with E-state index in [1.54, 1.807) is 18.2 Å². The van der Waals surface area contributed by atoms with Crippen LogP contribution in [0.5, 0.6) is 5.75 Å². The molecule has 0 aromatic heterocycles. The molecule has 5 nitrogen and oxygen atoms in total. The maximum Gasteiger partial charge on any atom is 0.258 e. The van der Waals surface area contributed by atoms with Crippen LogP contribution in [0.3, 0.4) is 0 Å². The lowest BCUT2D eigenvalue weighted by Crippen LogP contribution is -2.43. The van der Waals surface area contributed by atoms with Gasteiger partial charge in [0.15, 0.2) is 6.61 Å². The van der Waals surface area contributed by atoms with Crippen LogP contribution in [0.4, 0.5) is 0 Å². The van der Waals surface area contributed by atoms with Gasteiger partial charge in [0.05, 0.1) is 10.0 Å². The number of carbonyl (C=O) groups is 1. The van der Waals surface area contributed by atoms with Crippen molar-refractivity contribution >= 4 is 29.1 Å². The Morgan fingerprint density at radius 2 is 1.68 bits per heavy atom. The number of rotatable bonds is 7. The Bertz CT molecular complexity index is 791. The molecule has 0 atom stereocenters. The molecule has 1 saturated heterocycles. The molecule has 2 aromatic carbocycles. The third-order valence-electron chi connectivity index (χ3n) is 4.78. The summed E-state index contributed by atoms with van der Waals surface area (Å²) < 4.78 is 5.44. The van der Waals surface area contributed by atoms with E-state index in [0.29, 0.717) is 22.3 Å². The summed E-state index contributed by atoms with van der Waals surface area (Å²) in [6.45, 7) is 5.82. The minimum absolute atomic E-state index is 0.0700. The fourth-order valence-electron chi connectivity index (χ4n) is 2.99. The van der Waals surface area contributed by atoms with Gasteiger partial charge in [0.1, 0.15) is 5.75 Å². The van der Waals surface area contributed by atoms with Crippen molar-refractivity contribution in [3.8, 4) is 5.75 Å². The van der Waals surface area contributed by atoms with Crippen LogP contribution in [0.2, 0.25) is 10.0 Å². The van der Waals surface area contributed by atoms with Crippen molar-refractivity contribution in [3.05, 3.63) is 63.6 Å². The Labute approximate surface area is 176 Å². The summed E-state index contributed by atoms with van der Waals surface area (Å²) in [4.78, 5) is 16.8. The van der Waals surface area contributed by atoms with Gasteiger partial charge >= 0.3 is 0 Å². The molecule has 150 valence electrons. The lowest BCUT2D eigenvalue weighted by atomic mass is 10.1. The maximum absolute atomic E-state index is 12.0. The van der Waals surface area contributed by atoms with Crippen molar-refractivity contribution in [2.75, 3.05) is 39.8 Å². The molecular formula is C21H25Cl2N3O2. The Morgan fingerprint density at radius 3 is 2.36 bits per heavy atom. The first kappa shape index (κ1) is 20.9. The zero-order valence-corrected chi connectivity index (χ0v) is 17.5. The number of nitrogens with zero attached hydrogens (tertiary/aromatic N) is 2. The second-order valence-corrected chi connectivity index (χ2v) is 7.85. The number of ether oxygens (including phenoxy) is 1. The number of amides is 1. The zero-order chi connectivity index (χ0) is 19.9. The van der Waals surface area contributed by atoms with Gasteiger partial charge in [-0.05, 0) is 30.3 Å². The van der Waals surface area contributed by atoms with Gasteiger partial charge < -0.3 is 15.0 Å². The van der Waals surface area contributed by atoms with Crippen molar-refractivity contribution in [2.45, 2.75) is 13.1 Å². The monoisotopic (exact) mass is 421 g/mol. The topological polar surface area (TPSA) is 44.8 Å².